The van der Waals surface area contributed by atoms with E-state index in [4.69, 9.17) is 9.47 Å². The van der Waals surface area contributed by atoms with Gasteiger partial charge in [0.05, 0.1) is 24.7 Å². The summed E-state index contributed by atoms with van der Waals surface area (Å²) in [5.74, 6) is 0.613. The predicted octanol–water partition coefficient (Wildman–Crippen LogP) is 0.194. The number of sulfonamides is 1. The normalized spacial score (nSPS) is 15.0. The molecule has 8 nitrogen and oxygen atoms in total. The number of benzene rings is 1. The molecule has 9 heteroatoms. The van der Waals surface area contributed by atoms with E-state index in [0.29, 0.717) is 37.8 Å². The molecule has 1 heterocycles. The minimum Gasteiger partial charge on any atom is -0.490 e. The highest BCUT2D eigenvalue weighted by atomic mass is 32.2. The lowest BCUT2D eigenvalue weighted by atomic mass is 10.3. The first-order chi connectivity index (χ1) is 12.0. The fraction of sp³-hybridized carbons (Fsp3) is 0.562. The van der Waals surface area contributed by atoms with Gasteiger partial charge >= 0.3 is 0 Å². The molecule has 0 radical (unpaired) electrons. The number of carbonyl (C=O) groups excluding carboxylic acids is 1. The summed E-state index contributed by atoms with van der Waals surface area (Å²) in [6.45, 7) is 6.81. The number of hydrogen-bond donors (Lipinski definition) is 2. The van der Waals surface area contributed by atoms with Gasteiger partial charge in [0.25, 0.3) is 0 Å². The number of ether oxygens (including phenoxy) is 2. The molecule has 140 valence electrons. The summed E-state index contributed by atoms with van der Waals surface area (Å²) < 4.78 is 38.1. The Kier molecular flexibility index (Phi) is 7.03. The van der Waals surface area contributed by atoms with Crippen LogP contribution in [0.15, 0.2) is 23.1 Å². The van der Waals surface area contributed by atoms with Gasteiger partial charge in [0, 0.05) is 32.2 Å². The van der Waals surface area contributed by atoms with Crippen LogP contribution in [-0.4, -0.2) is 65.2 Å². The molecule has 1 aromatic rings. The number of amides is 1. The van der Waals surface area contributed by atoms with Crippen LogP contribution in [0.4, 0.5) is 0 Å². The summed E-state index contributed by atoms with van der Waals surface area (Å²) >= 11 is 0. The molecule has 2 N–H and O–H groups in total. The van der Waals surface area contributed by atoms with Gasteiger partial charge in [0.2, 0.25) is 15.9 Å². The standard InChI is InChI=1S/C16H25N3O5S/c1-3-23-14-6-5-13(11-15(14)24-4-2)25(21,22)18-12-16(20)19-9-7-17-8-10-19/h5-6,11,17-18H,3-4,7-10,12H2,1-2H3. The third-order valence-corrected chi connectivity index (χ3v) is 5.11. The molecule has 0 spiro atoms. The van der Waals surface area contributed by atoms with Gasteiger partial charge in [0.1, 0.15) is 0 Å². The van der Waals surface area contributed by atoms with Crippen LogP contribution in [0.1, 0.15) is 13.8 Å². The average Bonchev–Trinajstić information content (AvgIpc) is 2.62. The van der Waals surface area contributed by atoms with E-state index in [9.17, 15) is 13.2 Å². The van der Waals surface area contributed by atoms with E-state index >= 15 is 0 Å². The largest absolute Gasteiger partial charge is 0.490 e. The van der Waals surface area contributed by atoms with Crippen LogP contribution >= 0.6 is 0 Å². The molecule has 1 amide bonds. The molecule has 2 rings (SSSR count). The lowest BCUT2D eigenvalue weighted by Crippen LogP contribution is -2.49. The molecule has 1 aliphatic rings. The van der Waals surface area contributed by atoms with Crippen molar-refractivity contribution < 1.29 is 22.7 Å². The van der Waals surface area contributed by atoms with E-state index in [1.807, 2.05) is 6.92 Å². The van der Waals surface area contributed by atoms with Crippen LogP contribution in [0, 0.1) is 0 Å². The van der Waals surface area contributed by atoms with Gasteiger partial charge in [-0.2, -0.15) is 0 Å². The van der Waals surface area contributed by atoms with Crippen LogP contribution in [0.3, 0.4) is 0 Å². The molecule has 1 aromatic carbocycles. The van der Waals surface area contributed by atoms with E-state index in [0.717, 1.165) is 13.1 Å². The Hall–Kier alpha value is -1.84. The molecule has 1 fully saturated rings. The van der Waals surface area contributed by atoms with Crippen LogP contribution in [-0.2, 0) is 14.8 Å². The Morgan fingerprint density at radius 3 is 2.44 bits per heavy atom. The molecule has 0 aromatic heterocycles. The summed E-state index contributed by atoms with van der Waals surface area (Å²) in [4.78, 5) is 13.8. The topological polar surface area (TPSA) is 97.0 Å². The molecule has 25 heavy (non-hydrogen) atoms. The zero-order valence-corrected chi connectivity index (χ0v) is 15.4. The maximum absolute atomic E-state index is 12.5. The van der Waals surface area contributed by atoms with Crippen molar-refractivity contribution in [3.8, 4) is 11.5 Å². The van der Waals surface area contributed by atoms with E-state index in [2.05, 4.69) is 10.0 Å². The van der Waals surface area contributed by atoms with Gasteiger partial charge in [-0.3, -0.25) is 4.79 Å². The van der Waals surface area contributed by atoms with E-state index in [1.54, 1.807) is 17.9 Å². The van der Waals surface area contributed by atoms with Crippen molar-refractivity contribution in [1.82, 2.24) is 14.9 Å². The number of rotatable bonds is 8. The molecule has 1 aliphatic heterocycles. The van der Waals surface area contributed by atoms with Gasteiger partial charge in [0.15, 0.2) is 11.5 Å². The van der Waals surface area contributed by atoms with Crippen molar-refractivity contribution in [3.05, 3.63) is 18.2 Å². The summed E-state index contributed by atoms with van der Waals surface area (Å²) in [6, 6.07) is 4.40. The zero-order valence-electron chi connectivity index (χ0n) is 14.6. The summed E-state index contributed by atoms with van der Waals surface area (Å²) in [7, 11) is -3.82. The average molecular weight is 371 g/mol. The molecular formula is C16H25N3O5S. The quantitative estimate of drug-likeness (QED) is 0.677. The number of piperazine rings is 1. The highest BCUT2D eigenvalue weighted by Crippen LogP contribution is 2.30. The molecule has 0 unspecified atom stereocenters. The second kappa shape index (κ2) is 9.02. The SMILES string of the molecule is CCOc1ccc(S(=O)(=O)NCC(=O)N2CCNCC2)cc1OCC. The van der Waals surface area contributed by atoms with Gasteiger partial charge in [-0.25, -0.2) is 13.1 Å². The zero-order chi connectivity index (χ0) is 18.3. The second-order valence-corrected chi connectivity index (χ2v) is 7.20. The fourth-order valence-electron chi connectivity index (χ4n) is 2.46. The van der Waals surface area contributed by atoms with Crippen molar-refractivity contribution in [2.75, 3.05) is 45.9 Å². The van der Waals surface area contributed by atoms with E-state index < -0.39 is 10.0 Å². The molecule has 1 saturated heterocycles. The molecule has 0 atom stereocenters. The van der Waals surface area contributed by atoms with Gasteiger partial charge in [-0.15, -0.1) is 0 Å². The maximum Gasteiger partial charge on any atom is 0.241 e. The fourth-order valence-corrected chi connectivity index (χ4v) is 3.45. The van der Waals surface area contributed by atoms with Crippen molar-refractivity contribution in [2.24, 2.45) is 0 Å². The molecule has 0 aliphatic carbocycles. The monoisotopic (exact) mass is 371 g/mol. The highest BCUT2D eigenvalue weighted by molar-refractivity contribution is 7.89. The Morgan fingerprint density at radius 1 is 1.16 bits per heavy atom. The van der Waals surface area contributed by atoms with E-state index in [-0.39, 0.29) is 17.3 Å². The van der Waals surface area contributed by atoms with Crippen molar-refractivity contribution in [3.63, 3.8) is 0 Å². The van der Waals surface area contributed by atoms with Crippen molar-refractivity contribution in [1.29, 1.82) is 0 Å². The summed E-state index contributed by atoms with van der Waals surface area (Å²) in [6.07, 6.45) is 0. The van der Waals surface area contributed by atoms with Crippen LogP contribution in [0.5, 0.6) is 11.5 Å². The summed E-state index contributed by atoms with van der Waals surface area (Å²) in [5, 5.41) is 3.14. The lowest BCUT2D eigenvalue weighted by Gasteiger charge is -2.27. The Labute approximate surface area is 148 Å². The Balaban J connectivity index is 2.07. The number of carbonyl (C=O) groups is 1. The second-order valence-electron chi connectivity index (χ2n) is 5.43. The summed E-state index contributed by atoms with van der Waals surface area (Å²) in [5.41, 5.74) is 0. The Bertz CT molecular complexity index is 687. The van der Waals surface area contributed by atoms with E-state index in [1.165, 1.54) is 12.1 Å². The van der Waals surface area contributed by atoms with Gasteiger partial charge < -0.3 is 19.7 Å². The van der Waals surface area contributed by atoms with Crippen LogP contribution in [0.2, 0.25) is 0 Å². The lowest BCUT2D eigenvalue weighted by molar-refractivity contribution is -0.130. The third-order valence-electron chi connectivity index (χ3n) is 3.71. The minimum atomic E-state index is -3.82. The third kappa shape index (κ3) is 5.32. The Morgan fingerprint density at radius 2 is 1.80 bits per heavy atom. The molecule has 0 saturated carbocycles. The number of hydrogen-bond acceptors (Lipinski definition) is 6. The number of nitrogens with one attached hydrogen (secondary N) is 2. The highest BCUT2D eigenvalue weighted by Gasteiger charge is 2.21. The first-order valence-electron chi connectivity index (χ1n) is 8.35. The van der Waals surface area contributed by atoms with Crippen LogP contribution in [0.25, 0.3) is 0 Å². The van der Waals surface area contributed by atoms with Crippen molar-refractivity contribution >= 4 is 15.9 Å². The first-order valence-corrected chi connectivity index (χ1v) is 9.84. The molecular weight excluding hydrogens is 346 g/mol. The molecule has 0 bridgehead atoms. The predicted molar refractivity (Wildman–Crippen MR) is 93.4 cm³/mol. The smallest absolute Gasteiger partial charge is 0.241 e. The van der Waals surface area contributed by atoms with Gasteiger partial charge in [-0.05, 0) is 26.0 Å². The first kappa shape index (κ1) is 19.5. The minimum absolute atomic E-state index is 0.0347. The van der Waals surface area contributed by atoms with Crippen molar-refractivity contribution in [2.45, 2.75) is 18.7 Å². The maximum atomic E-state index is 12.5. The van der Waals surface area contributed by atoms with Gasteiger partial charge in [-0.1, -0.05) is 0 Å². The van der Waals surface area contributed by atoms with Crippen LogP contribution < -0.4 is 19.5 Å². The number of nitrogens with zero attached hydrogens (tertiary/aromatic N) is 1.